The number of aliphatic hydroxyl groups is 1. The highest BCUT2D eigenvalue weighted by molar-refractivity contribution is 6.01. The van der Waals surface area contributed by atoms with E-state index in [2.05, 4.69) is 10.3 Å². The lowest BCUT2D eigenvalue weighted by Crippen LogP contribution is -2.72. The largest absolute Gasteiger partial charge is 0.496 e. The normalized spacial score (nSPS) is 23.3. The number of hydrogen-bond donors (Lipinski definition) is 3. The molecule has 1 aliphatic rings. The number of amides is 2. The van der Waals surface area contributed by atoms with Crippen molar-refractivity contribution in [3.05, 3.63) is 72.1 Å². The highest BCUT2D eigenvalue weighted by Crippen LogP contribution is 2.47. The molecule has 1 fully saturated rings. The Hall–Kier alpha value is -3.66. The number of halogens is 3. The monoisotopic (exact) mass is 445 g/mol. The number of nitrogens with zero attached hydrogens (tertiary/aromatic N) is 1. The van der Waals surface area contributed by atoms with E-state index >= 15 is 0 Å². The van der Waals surface area contributed by atoms with Crippen LogP contribution in [0.15, 0.2) is 60.9 Å². The predicted molar refractivity (Wildman–Crippen MR) is 108 cm³/mol. The molecule has 32 heavy (non-hydrogen) atoms. The van der Waals surface area contributed by atoms with Gasteiger partial charge in [-0.1, -0.05) is 30.3 Å². The third kappa shape index (κ3) is 3.42. The summed E-state index contributed by atoms with van der Waals surface area (Å²) in [6.45, 7) is 0. The number of ether oxygens (including phenoxy) is 1. The smallest absolute Gasteiger partial charge is 0.437 e. The number of ketones is 1. The van der Waals surface area contributed by atoms with Crippen LogP contribution in [-0.4, -0.2) is 40.9 Å². The molecular formula is C22H18F3N3O4. The molecule has 0 spiro atoms. The Morgan fingerprint density at radius 3 is 2.56 bits per heavy atom. The summed E-state index contributed by atoms with van der Waals surface area (Å²) in [5.41, 5.74) is -3.85. The van der Waals surface area contributed by atoms with Crippen LogP contribution in [0.4, 0.5) is 18.0 Å². The van der Waals surface area contributed by atoms with E-state index in [-0.39, 0.29) is 16.9 Å². The maximum absolute atomic E-state index is 14.1. The van der Waals surface area contributed by atoms with Gasteiger partial charge in [-0.3, -0.25) is 9.78 Å². The fourth-order valence-electron chi connectivity index (χ4n) is 4.04. The molecule has 0 aliphatic carbocycles. The number of alkyl halides is 3. The van der Waals surface area contributed by atoms with E-state index in [1.54, 1.807) is 30.3 Å². The van der Waals surface area contributed by atoms with Crippen LogP contribution in [0.3, 0.4) is 0 Å². The van der Waals surface area contributed by atoms with E-state index in [0.717, 1.165) is 6.20 Å². The summed E-state index contributed by atoms with van der Waals surface area (Å²) in [6.07, 6.45) is -2.89. The number of carbonyl (C=O) groups excluding carboxylic acids is 2. The zero-order valence-electron chi connectivity index (χ0n) is 16.7. The number of fused-ring (bicyclic) bond motifs is 1. The minimum atomic E-state index is -5.36. The summed E-state index contributed by atoms with van der Waals surface area (Å²) >= 11 is 0. The Bertz CT molecular complexity index is 1190. The van der Waals surface area contributed by atoms with Crippen molar-refractivity contribution in [2.75, 3.05) is 7.11 Å². The molecule has 2 amide bonds. The number of benzene rings is 2. The highest BCUT2D eigenvalue weighted by atomic mass is 19.4. The number of Topliss-reactive ketones (excluding diaryl/α,β-unsaturated/α-hetero) is 1. The van der Waals surface area contributed by atoms with E-state index in [0.29, 0.717) is 10.8 Å². The maximum atomic E-state index is 14.1. The number of pyridine rings is 1. The second kappa shape index (κ2) is 7.79. The summed E-state index contributed by atoms with van der Waals surface area (Å²) in [5, 5.41) is 15.8. The summed E-state index contributed by atoms with van der Waals surface area (Å²) in [6, 6.07) is 9.85. The Kier molecular flexibility index (Phi) is 5.25. The lowest BCUT2D eigenvalue weighted by atomic mass is 9.76. The average molecular weight is 445 g/mol. The van der Waals surface area contributed by atoms with Gasteiger partial charge in [0.15, 0.2) is 5.78 Å². The first-order valence-electron chi connectivity index (χ1n) is 9.55. The summed E-state index contributed by atoms with van der Waals surface area (Å²) < 4.78 is 47.7. The molecule has 4 rings (SSSR count). The molecule has 166 valence electrons. The summed E-state index contributed by atoms with van der Waals surface area (Å²) in [5.74, 6) is -3.07. The van der Waals surface area contributed by atoms with Gasteiger partial charge in [0.1, 0.15) is 11.7 Å². The molecule has 0 saturated carbocycles. The van der Waals surface area contributed by atoms with Crippen LogP contribution in [0, 0.1) is 5.92 Å². The van der Waals surface area contributed by atoms with E-state index in [9.17, 15) is 27.9 Å². The SMILES string of the molecule is COc1ccc2ccccc2c1[C@@H]1NC(=O)N[C@](O)(C(F)(F)F)[C@@H]1C(=O)c1cccnc1. The van der Waals surface area contributed by atoms with Crippen molar-refractivity contribution >= 4 is 22.6 Å². The van der Waals surface area contributed by atoms with Crippen LogP contribution >= 0.6 is 0 Å². The first kappa shape index (κ1) is 21.6. The van der Waals surface area contributed by atoms with Crippen LogP contribution in [0.2, 0.25) is 0 Å². The van der Waals surface area contributed by atoms with Gasteiger partial charge in [-0.05, 0) is 29.0 Å². The van der Waals surface area contributed by atoms with E-state index in [1.165, 1.54) is 36.8 Å². The van der Waals surface area contributed by atoms with Gasteiger partial charge in [-0.15, -0.1) is 0 Å². The minimum Gasteiger partial charge on any atom is -0.496 e. The molecule has 10 heteroatoms. The van der Waals surface area contributed by atoms with Gasteiger partial charge >= 0.3 is 12.2 Å². The molecule has 2 heterocycles. The number of aromatic nitrogens is 1. The Labute approximate surface area is 180 Å². The van der Waals surface area contributed by atoms with Crippen molar-refractivity contribution in [2.45, 2.75) is 17.9 Å². The van der Waals surface area contributed by atoms with Crippen molar-refractivity contribution < 1.29 is 32.6 Å². The molecule has 2 aromatic carbocycles. The van der Waals surface area contributed by atoms with Crippen LogP contribution in [-0.2, 0) is 0 Å². The van der Waals surface area contributed by atoms with E-state index in [1.807, 2.05) is 0 Å². The fraction of sp³-hybridized carbons (Fsp3) is 0.227. The molecule has 0 bridgehead atoms. The third-order valence-corrected chi connectivity index (χ3v) is 5.50. The van der Waals surface area contributed by atoms with Gasteiger partial charge in [-0.25, -0.2) is 4.79 Å². The quantitative estimate of drug-likeness (QED) is 0.535. The van der Waals surface area contributed by atoms with Gasteiger partial charge in [0.2, 0.25) is 5.72 Å². The van der Waals surface area contributed by atoms with Crippen LogP contribution < -0.4 is 15.4 Å². The maximum Gasteiger partial charge on any atom is 0.437 e. The molecule has 1 aliphatic heterocycles. The molecule has 1 aromatic heterocycles. The number of urea groups is 1. The van der Waals surface area contributed by atoms with Crippen LogP contribution in [0.25, 0.3) is 10.8 Å². The predicted octanol–water partition coefficient (Wildman–Crippen LogP) is 3.35. The van der Waals surface area contributed by atoms with Gasteiger partial charge in [0, 0.05) is 23.5 Å². The standard InChI is InChI=1S/C22H18F3N3O4/c1-32-15-9-8-12-5-2-3-7-14(12)16(15)18-17(19(29)13-6-4-10-26-11-13)21(31,22(23,24)25)28-20(30)27-18/h2-11,17-18,31H,1H3,(H2,27,28,30)/t17-,18-,21+/m0/s1. The minimum absolute atomic E-state index is 0.144. The molecule has 7 nitrogen and oxygen atoms in total. The molecular weight excluding hydrogens is 427 g/mol. The van der Waals surface area contributed by atoms with Crippen molar-refractivity contribution in [1.82, 2.24) is 15.6 Å². The van der Waals surface area contributed by atoms with Gasteiger partial charge < -0.3 is 20.5 Å². The summed E-state index contributed by atoms with van der Waals surface area (Å²) in [4.78, 5) is 29.4. The average Bonchev–Trinajstić information content (AvgIpc) is 2.77. The van der Waals surface area contributed by atoms with Crippen molar-refractivity contribution in [3.63, 3.8) is 0 Å². The molecule has 1 saturated heterocycles. The second-order valence-electron chi connectivity index (χ2n) is 7.33. The molecule has 0 radical (unpaired) electrons. The van der Waals surface area contributed by atoms with E-state index in [4.69, 9.17) is 4.74 Å². The van der Waals surface area contributed by atoms with Gasteiger partial charge in [0.25, 0.3) is 0 Å². The van der Waals surface area contributed by atoms with E-state index < -0.39 is 35.7 Å². The lowest BCUT2D eigenvalue weighted by molar-refractivity contribution is -0.287. The first-order valence-corrected chi connectivity index (χ1v) is 9.55. The zero-order chi connectivity index (χ0) is 23.1. The summed E-state index contributed by atoms with van der Waals surface area (Å²) in [7, 11) is 1.32. The molecule has 3 aromatic rings. The number of methoxy groups -OCH3 is 1. The number of rotatable bonds is 4. The molecule has 0 unspecified atom stereocenters. The Balaban J connectivity index is 2.00. The molecule has 3 N–H and O–H groups in total. The lowest BCUT2D eigenvalue weighted by Gasteiger charge is -2.45. The van der Waals surface area contributed by atoms with Crippen molar-refractivity contribution in [2.24, 2.45) is 5.92 Å². The van der Waals surface area contributed by atoms with Gasteiger partial charge in [0.05, 0.1) is 13.2 Å². The Morgan fingerprint density at radius 1 is 1.16 bits per heavy atom. The Morgan fingerprint density at radius 2 is 1.91 bits per heavy atom. The van der Waals surface area contributed by atoms with Crippen LogP contribution in [0.1, 0.15) is 22.0 Å². The third-order valence-electron chi connectivity index (χ3n) is 5.50. The number of nitrogens with one attached hydrogen (secondary N) is 2. The topological polar surface area (TPSA) is 101 Å². The van der Waals surface area contributed by atoms with Gasteiger partial charge in [-0.2, -0.15) is 13.2 Å². The molecule has 3 atom stereocenters. The number of hydrogen-bond acceptors (Lipinski definition) is 5. The zero-order valence-corrected chi connectivity index (χ0v) is 16.7. The van der Waals surface area contributed by atoms with Crippen molar-refractivity contribution in [1.29, 1.82) is 0 Å². The highest BCUT2D eigenvalue weighted by Gasteiger charge is 2.66. The fourth-order valence-corrected chi connectivity index (χ4v) is 4.04. The number of carbonyl (C=O) groups is 2. The van der Waals surface area contributed by atoms with Crippen molar-refractivity contribution in [3.8, 4) is 5.75 Å². The second-order valence-corrected chi connectivity index (χ2v) is 7.33. The van der Waals surface area contributed by atoms with Crippen LogP contribution in [0.5, 0.6) is 5.75 Å². The first-order chi connectivity index (χ1) is 15.2.